The van der Waals surface area contributed by atoms with Crippen molar-refractivity contribution in [3.05, 3.63) is 60.2 Å². The summed E-state index contributed by atoms with van der Waals surface area (Å²) < 4.78 is 29.3. The maximum Gasteiger partial charge on any atom is 0.243 e. The van der Waals surface area contributed by atoms with Crippen LogP contribution < -0.4 is 0 Å². The monoisotopic (exact) mass is 470 g/mol. The SMILES string of the molecule is CCn1c(SCC(=O)c2ccccc2)nnc1-c1ccc(S(=O)(=O)N2CCCCC2)cc1. The molecule has 0 radical (unpaired) electrons. The summed E-state index contributed by atoms with van der Waals surface area (Å²) in [5.41, 5.74) is 1.46. The van der Waals surface area contributed by atoms with Crippen LogP contribution in [0.1, 0.15) is 36.5 Å². The Kier molecular flexibility index (Phi) is 7.07. The molecule has 32 heavy (non-hydrogen) atoms. The van der Waals surface area contributed by atoms with Gasteiger partial charge >= 0.3 is 0 Å². The van der Waals surface area contributed by atoms with Crippen LogP contribution >= 0.6 is 11.8 Å². The van der Waals surface area contributed by atoms with E-state index in [1.807, 2.05) is 29.7 Å². The fraction of sp³-hybridized carbons (Fsp3) is 0.348. The number of thioether (sulfide) groups is 1. The van der Waals surface area contributed by atoms with E-state index in [0.717, 1.165) is 24.8 Å². The third-order valence-electron chi connectivity index (χ3n) is 5.53. The highest BCUT2D eigenvalue weighted by Gasteiger charge is 2.26. The van der Waals surface area contributed by atoms with Crippen LogP contribution in [0.5, 0.6) is 0 Å². The predicted octanol–water partition coefficient (Wildman–Crippen LogP) is 4.11. The quantitative estimate of drug-likeness (QED) is 0.364. The molecule has 1 fully saturated rings. The summed E-state index contributed by atoms with van der Waals surface area (Å²) in [4.78, 5) is 12.7. The van der Waals surface area contributed by atoms with Crippen LogP contribution in [-0.4, -0.2) is 52.1 Å². The number of aromatic nitrogens is 3. The van der Waals surface area contributed by atoms with Crippen LogP contribution in [0, 0.1) is 0 Å². The number of rotatable bonds is 8. The molecular weight excluding hydrogens is 444 g/mol. The van der Waals surface area contributed by atoms with E-state index in [9.17, 15) is 13.2 Å². The first kappa shape index (κ1) is 22.7. The number of carbonyl (C=O) groups is 1. The van der Waals surface area contributed by atoms with Crippen LogP contribution in [0.15, 0.2) is 64.6 Å². The summed E-state index contributed by atoms with van der Waals surface area (Å²) in [7, 11) is -3.47. The number of Topliss-reactive ketones (excluding diaryl/α,β-unsaturated/α-hetero) is 1. The zero-order chi connectivity index (χ0) is 22.6. The Balaban J connectivity index is 1.50. The normalized spacial score (nSPS) is 15.0. The molecule has 7 nitrogen and oxygen atoms in total. The second kappa shape index (κ2) is 9.97. The Hall–Kier alpha value is -2.49. The van der Waals surface area contributed by atoms with Gasteiger partial charge in [0.15, 0.2) is 16.8 Å². The average Bonchev–Trinajstić information content (AvgIpc) is 3.26. The zero-order valence-electron chi connectivity index (χ0n) is 18.0. The molecule has 168 valence electrons. The first-order valence-corrected chi connectivity index (χ1v) is 13.2. The number of carbonyl (C=O) groups excluding carboxylic acids is 1. The molecule has 0 unspecified atom stereocenters. The molecular formula is C23H26N4O3S2. The number of benzene rings is 2. The van der Waals surface area contributed by atoms with Gasteiger partial charge in [0.1, 0.15) is 0 Å². The van der Waals surface area contributed by atoms with Crippen molar-refractivity contribution in [2.45, 2.75) is 42.8 Å². The number of piperidine rings is 1. The summed E-state index contributed by atoms with van der Waals surface area (Å²) in [6.45, 7) is 3.79. The smallest absolute Gasteiger partial charge is 0.243 e. The van der Waals surface area contributed by atoms with E-state index in [1.165, 1.54) is 11.8 Å². The molecule has 1 saturated heterocycles. The number of nitrogens with zero attached hydrogens (tertiary/aromatic N) is 4. The van der Waals surface area contributed by atoms with Gasteiger partial charge in [-0.15, -0.1) is 10.2 Å². The molecule has 0 spiro atoms. The molecule has 0 saturated carbocycles. The van der Waals surface area contributed by atoms with Crippen molar-refractivity contribution < 1.29 is 13.2 Å². The van der Waals surface area contributed by atoms with Crippen molar-refractivity contribution >= 4 is 27.6 Å². The fourth-order valence-electron chi connectivity index (χ4n) is 3.76. The first-order valence-electron chi connectivity index (χ1n) is 10.8. The number of hydrogen-bond donors (Lipinski definition) is 0. The molecule has 4 rings (SSSR count). The molecule has 0 amide bonds. The van der Waals surface area contributed by atoms with Crippen molar-refractivity contribution in [3.63, 3.8) is 0 Å². The lowest BCUT2D eigenvalue weighted by Gasteiger charge is -2.25. The van der Waals surface area contributed by atoms with E-state index < -0.39 is 10.0 Å². The average molecular weight is 471 g/mol. The first-order chi connectivity index (χ1) is 15.5. The predicted molar refractivity (Wildman–Crippen MR) is 125 cm³/mol. The van der Waals surface area contributed by atoms with E-state index in [2.05, 4.69) is 10.2 Å². The van der Waals surface area contributed by atoms with Gasteiger partial charge in [0.2, 0.25) is 10.0 Å². The molecule has 0 bridgehead atoms. The van der Waals surface area contributed by atoms with Crippen molar-refractivity contribution in [3.8, 4) is 11.4 Å². The summed E-state index contributed by atoms with van der Waals surface area (Å²) in [5, 5.41) is 9.25. The highest BCUT2D eigenvalue weighted by atomic mass is 32.2. The van der Waals surface area contributed by atoms with Crippen LogP contribution in [-0.2, 0) is 16.6 Å². The molecule has 1 aliphatic heterocycles. The van der Waals surface area contributed by atoms with Crippen molar-refractivity contribution in [2.75, 3.05) is 18.8 Å². The Morgan fingerprint density at radius 3 is 2.31 bits per heavy atom. The van der Waals surface area contributed by atoms with Gasteiger partial charge in [0, 0.05) is 30.8 Å². The summed E-state index contributed by atoms with van der Waals surface area (Å²) in [6, 6.07) is 16.0. The van der Waals surface area contributed by atoms with Gasteiger partial charge in [-0.2, -0.15) is 4.31 Å². The van der Waals surface area contributed by atoms with Gasteiger partial charge in [-0.05, 0) is 44.0 Å². The lowest BCUT2D eigenvalue weighted by molar-refractivity contribution is 0.102. The van der Waals surface area contributed by atoms with Crippen LogP contribution in [0.4, 0.5) is 0 Å². The maximum atomic E-state index is 12.9. The minimum absolute atomic E-state index is 0.0371. The van der Waals surface area contributed by atoms with Gasteiger partial charge in [-0.1, -0.05) is 48.5 Å². The van der Waals surface area contributed by atoms with Crippen LogP contribution in [0.25, 0.3) is 11.4 Å². The maximum absolute atomic E-state index is 12.9. The zero-order valence-corrected chi connectivity index (χ0v) is 19.6. The topological polar surface area (TPSA) is 85.2 Å². The van der Waals surface area contributed by atoms with E-state index in [-0.39, 0.29) is 11.5 Å². The van der Waals surface area contributed by atoms with Crippen molar-refractivity contribution in [1.29, 1.82) is 0 Å². The number of ketones is 1. The van der Waals surface area contributed by atoms with Crippen LogP contribution in [0.3, 0.4) is 0 Å². The van der Waals surface area contributed by atoms with E-state index in [1.54, 1.807) is 40.7 Å². The molecule has 2 aromatic carbocycles. The molecule has 1 aliphatic rings. The van der Waals surface area contributed by atoms with E-state index in [0.29, 0.717) is 41.1 Å². The highest BCUT2D eigenvalue weighted by Crippen LogP contribution is 2.27. The third-order valence-corrected chi connectivity index (χ3v) is 8.41. The molecule has 1 aromatic heterocycles. The summed E-state index contributed by atoms with van der Waals surface area (Å²) >= 11 is 1.35. The molecule has 0 atom stereocenters. The van der Waals surface area contributed by atoms with E-state index >= 15 is 0 Å². The van der Waals surface area contributed by atoms with Crippen molar-refractivity contribution in [1.82, 2.24) is 19.1 Å². The molecule has 0 aliphatic carbocycles. The van der Waals surface area contributed by atoms with Gasteiger partial charge in [-0.25, -0.2) is 8.42 Å². The second-order valence-corrected chi connectivity index (χ2v) is 10.5. The lowest BCUT2D eigenvalue weighted by atomic mass is 10.2. The summed E-state index contributed by atoms with van der Waals surface area (Å²) in [6.07, 6.45) is 2.89. The van der Waals surface area contributed by atoms with Crippen LogP contribution in [0.2, 0.25) is 0 Å². The third kappa shape index (κ3) is 4.79. The lowest BCUT2D eigenvalue weighted by Crippen LogP contribution is -2.35. The Morgan fingerprint density at radius 1 is 0.969 bits per heavy atom. The Bertz CT molecular complexity index is 1170. The molecule has 2 heterocycles. The largest absolute Gasteiger partial charge is 0.302 e. The van der Waals surface area contributed by atoms with Gasteiger partial charge < -0.3 is 4.57 Å². The number of sulfonamides is 1. The molecule has 0 N–H and O–H groups in total. The standard InChI is InChI=1S/C23H26N4O3S2/c1-2-27-22(24-25-23(27)31-17-21(28)18-9-5-3-6-10-18)19-11-13-20(14-12-19)32(29,30)26-15-7-4-8-16-26/h3,5-6,9-14H,2,4,7-8,15-17H2,1H3. The van der Waals surface area contributed by atoms with Crippen molar-refractivity contribution in [2.24, 2.45) is 0 Å². The van der Waals surface area contributed by atoms with Gasteiger partial charge in [-0.3, -0.25) is 4.79 Å². The van der Waals surface area contributed by atoms with Gasteiger partial charge in [0.05, 0.1) is 10.6 Å². The summed E-state index contributed by atoms with van der Waals surface area (Å²) in [5.74, 6) is 0.967. The fourth-order valence-corrected chi connectivity index (χ4v) is 6.18. The number of hydrogen-bond acceptors (Lipinski definition) is 6. The van der Waals surface area contributed by atoms with E-state index in [4.69, 9.17) is 0 Å². The Labute approximate surface area is 192 Å². The Morgan fingerprint density at radius 2 is 1.66 bits per heavy atom. The molecule has 3 aromatic rings. The minimum Gasteiger partial charge on any atom is -0.302 e. The highest BCUT2D eigenvalue weighted by molar-refractivity contribution is 7.99. The van der Waals surface area contributed by atoms with Gasteiger partial charge in [0.25, 0.3) is 0 Å². The second-order valence-electron chi connectivity index (χ2n) is 7.62. The minimum atomic E-state index is -3.47. The molecule has 9 heteroatoms.